The van der Waals surface area contributed by atoms with Crippen molar-refractivity contribution in [1.82, 2.24) is 5.32 Å². The molecule has 1 unspecified atom stereocenters. The van der Waals surface area contributed by atoms with Gasteiger partial charge < -0.3 is 16.3 Å². The molecule has 1 atom stereocenters. The molecule has 0 heterocycles. The molecule has 5 nitrogen and oxygen atoms in total. The summed E-state index contributed by atoms with van der Waals surface area (Å²) >= 11 is 0. The molecule has 1 amide bonds. The minimum atomic E-state index is -0.538. The fourth-order valence-corrected chi connectivity index (χ4v) is 2.64. The Morgan fingerprint density at radius 1 is 1.47 bits per heavy atom. The minimum absolute atomic E-state index is 0.0586. The SMILES string of the molecule is CC(C)(CNC(=O)C1CCCCC1(C)C)C(N)=NO. The Kier molecular flexibility index (Phi) is 4.82. The van der Waals surface area contributed by atoms with Gasteiger partial charge in [0.1, 0.15) is 5.84 Å². The van der Waals surface area contributed by atoms with Gasteiger partial charge in [0.25, 0.3) is 0 Å². The van der Waals surface area contributed by atoms with Crippen molar-refractivity contribution >= 4 is 11.7 Å². The second kappa shape index (κ2) is 5.80. The van der Waals surface area contributed by atoms with Gasteiger partial charge in [-0.25, -0.2) is 0 Å². The van der Waals surface area contributed by atoms with Gasteiger partial charge in [-0.2, -0.15) is 0 Å². The largest absolute Gasteiger partial charge is 0.409 e. The van der Waals surface area contributed by atoms with Crippen molar-refractivity contribution in [2.24, 2.45) is 27.6 Å². The van der Waals surface area contributed by atoms with E-state index in [-0.39, 0.29) is 23.1 Å². The lowest BCUT2D eigenvalue weighted by molar-refractivity contribution is -0.130. The Bertz CT molecular complexity index is 362. The quantitative estimate of drug-likeness (QED) is 0.316. The van der Waals surface area contributed by atoms with E-state index in [1.54, 1.807) is 0 Å². The number of nitrogens with one attached hydrogen (secondary N) is 1. The van der Waals surface area contributed by atoms with Crippen LogP contribution in [0.15, 0.2) is 5.16 Å². The summed E-state index contributed by atoms with van der Waals surface area (Å²) in [5.41, 5.74) is 5.14. The Hall–Kier alpha value is -1.26. The van der Waals surface area contributed by atoms with Crippen LogP contribution in [0.2, 0.25) is 0 Å². The minimum Gasteiger partial charge on any atom is -0.409 e. The number of oxime groups is 1. The summed E-state index contributed by atoms with van der Waals surface area (Å²) in [6, 6.07) is 0. The number of nitrogens with zero attached hydrogens (tertiary/aromatic N) is 1. The van der Waals surface area contributed by atoms with Crippen LogP contribution in [0.1, 0.15) is 53.4 Å². The third kappa shape index (κ3) is 3.85. The first kappa shape index (κ1) is 15.8. The number of carbonyl (C=O) groups is 1. The number of rotatable bonds is 4. The van der Waals surface area contributed by atoms with Gasteiger partial charge in [0, 0.05) is 17.9 Å². The molecular formula is C14H27N3O2. The van der Waals surface area contributed by atoms with Crippen LogP contribution in [0, 0.1) is 16.7 Å². The lowest BCUT2D eigenvalue weighted by Gasteiger charge is -2.38. The first-order valence-corrected chi connectivity index (χ1v) is 6.96. The zero-order valence-electron chi connectivity index (χ0n) is 12.5. The van der Waals surface area contributed by atoms with Gasteiger partial charge >= 0.3 is 0 Å². The molecule has 19 heavy (non-hydrogen) atoms. The highest BCUT2D eigenvalue weighted by Crippen LogP contribution is 2.40. The zero-order valence-corrected chi connectivity index (χ0v) is 12.5. The van der Waals surface area contributed by atoms with Crippen LogP contribution >= 0.6 is 0 Å². The highest BCUT2D eigenvalue weighted by atomic mass is 16.4. The molecule has 0 radical (unpaired) electrons. The third-order valence-corrected chi connectivity index (χ3v) is 4.33. The van der Waals surface area contributed by atoms with Gasteiger partial charge in [-0.3, -0.25) is 4.79 Å². The van der Waals surface area contributed by atoms with E-state index in [9.17, 15) is 4.79 Å². The summed E-state index contributed by atoms with van der Waals surface area (Å²) < 4.78 is 0. The van der Waals surface area contributed by atoms with Gasteiger partial charge in [0.05, 0.1) is 0 Å². The van der Waals surface area contributed by atoms with E-state index >= 15 is 0 Å². The summed E-state index contributed by atoms with van der Waals surface area (Å²) in [6.07, 6.45) is 4.36. The monoisotopic (exact) mass is 269 g/mol. The Balaban J connectivity index is 2.60. The Morgan fingerprint density at radius 2 is 2.11 bits per heavy atom. The van der Waals surface area contributed by atoms with Crippen molar-refractivity contribution in [2.45, 2.75) is 53.4 Å². The summed E-state index contributed by atoms with van der Waals surface area (Å²) in [5.74, 6) is 0.281. The summed E-state index contributed by atoms with van der Waals surface area (Å²) in [4.78, 5) is 12.3. The summed E-state index contributed by atoms with van der Waals surface area (Å²) in [5, 5.41) is 14.7. The third-order valence-electron chi connectivity index (χ3n) is 4.33. The molecule has 4 N–H and O–H groups in total. The van der Waals surface area contributed by atoms with E-state index in [1.807, 2.05) is 13.8 Å². The van der Waals surface area contributed by atoms with Crippen LogP contribution in [-0.2, 0) is 4.79 Å². The second-order valence-corrected chi connectivity index (χ2v) is 6.87. The average Bonchev–Trinajstić information content (AvgIpc) is 2.34. The van der Waals surface area contributed by atoms with Crippen LogP contribution < -0.4 is 11.1 Å². The molecule has 1 fully saturated rings. The zero-order chi connectivity index (χ0) is 14.7. The topological polar surface area (TPSA) is 87.7 Å². The fraction of sp³-hybridized carbons (Fsp3) is 0.857. The Morgan fingerprint density at radius 3 is 2.63 bits per heavy atom. The maximum Gasteiger partial charge on any atom is 0.223 e. The predicted molar refractivity (Wildman–Crippen MR) is 75.9 cm³/mol. The standard InChI is InChI=1S/C14H27N3O2/c1-13(2)8-6-5-7-10(13)11(18)16-9-14(3,4)12(15)17-19/h10,19H,5-9H2,1-4H3,(H2,15,17)(H,16,18). The van der Waals surface area contributed by atoms with Gasteiger partial charge in [-0.05, 0) is 18.3 Å². The average molecular weight is 269 g/mol. The maximum absolute atomic E-state index is 12.3. The molecule has 0 aromatic carbocycles. The molecular weight excluding hydrogens is 242 g/mol. The van der Waals surface area contributed by atoms with Gasteiger partial charge in [0.15, 0.2) is 0 Å². The highest BCUT2D eigenvalue weighted by Gasteiger charge is 2.37. The smallest absolute Gasteiger partial charge is 0.223 e. The first-order chi connectivity index (χ1) is 8.70. The van der Waals surface area contributed by atoms with Crippen LogP contribution in [0.5, 0.6) is 0 Å². The van der Waals surface area contributed by atoms with Crippen LogP contribution in [0.4, 0.5) is 0 Å². The van der Waals surface area contributed by atoms with Crippen molar-refractivity contribution in [3.8, 4) is 0 Å². The highest BCUT2D eigenvalue weighted by molar-refractivity contribution is 5.86. The van der Waals surface area contributed by atoms with E-state index in [4.69, 9.17) is 10.9 Å². The van der Waals surface area contributed by atoms with E-state index < -0.39 is 5.41 Å². The number of hydrogen-bond acceptors (Lipinski definition) is 3. The molecule has 0 saturated heterocycles. The van der Waals surface area contributed by atoms with E-state index in [0.29, 0.717) is 6.54 Å². The van der Waals surface area contributed by atoms with Crippen LogP contribution in [-0.4, -0.2) is 23.5 Å². The molecule has 1 saturated carbocycles. The summed E-state index contributed by atoms with van der Waals surface area (Å²) in [6.45, 7) is 8.38. The number of amidine groups is 1. The molecule has 1 aliphatic carbocycles. The van der Waals surface area contributed by atoms with Crippen molar-refractivity contribution < 1.29 is 10.0 Å². The summed E-state index contributed by atoms with van der Waals surface area (Å²) in [7, 11) is 0. The predicted octanol–water partition coefficient (Wildman–Crippen LogP) is 2.09. The maximum atomic E-state index is 12.3. The van der Waals surface area contributed by atoms with E-state index in [1.165, 1.54) is 6.42 Å². The molecule has 0 bridgehead atoms. The lowest BCUT2D eigenvalue weighted by Crippen LogP contribution is -2.47. The van der Waals surface area contributed by atoms with Crippen molar-refractivity contribution in [3.63, 3.8) is 0 Å². The molecule has 0 aliphatic heterocycles. The molecule has 5 heteroatoms. The van der Waals surface area contributed by atoms with Gasteiger partial charge in [-0.1, -0.05) is 45.7 Å². The van der Waals surface area contributed by atoms with Gasteiger partial charge in [0.2, 0.25) is 5.91 Å². The lowest BCUT2D eigenvalue weighted by atomic mass is 9.68. The molecule has 1 rings (SSSR count). The van der Waals surface area contributed by atoms with E-state index in [2.05, 4.69) is 24.3 Å². The number of nitrogens with two attached hydrogens (primary N) is 1. The number of hydrogen-bond donors (Lipinski definition) is 3. The van der Waals surface area contributed by atoms with Crippen molar-refractivity contribution in [1.29, 1.82) is 0 Å². The normalized spacial score (nSPS) is 24.0. The van der Waals surface area contributed by atoms with Crippen molar-refractivity contribution in [3.05, 3.63) is 0 Å². The van der Waals surface area contributed by atoms with Gasteiger partial charge in [-0.15, -0.1) is 0 Å². The van der Waals surface area contributed by atoms with E-state index in [0.717, 1.165) is 19.3 Å². The molecule has 0 spiro atoms. The molecule has 0 aromatic heterocycles. The second-order valence-electron chi connectivity index (χ2n) is 6.87. The van der Waals surface area contributed by atoms with Crippen molar-refractivity contribution in [2.75, 3.05) is 6.54 Å². The first-order valence-electron chi connectivity index (χ1n) is 6.96. The van der Waals surface area contributed by atoms with Crippen LogP contribution in [0.3, 0.4) is 0 Å². The fourth-order valence-electron chi connectivity index (χ4n) is 2.64. The number of amides is 1. The molecule has 110 valence electrons. The molecule has 1 aliphatic rings. The number of carbonyl (C=O) groups excluding carboxylic acids is 1. The Labute approximate surface area is 115 Å². The molecule has 0 aromatic rings. The van der Waals surface area contributed by atoms with Crippen LogP contribution in [0.25, 0.3) is 0 Å².